The van der Waals surface area contributed by atoms with Gasteiger partial charge < -0.3 is 15.7 Å². The zero-order valence-corrected chi connectivity index (χ0v) is 10.2. The van der Waals surface area contributed by atoms with Crippen molar-refractivity contribution in [1.29, 1.82) is 0 Å². The molecule has 1 saturated heterocycles. The number of carbonyl (C=O) groups excluding carboxylic acids is 1. The molecule has 0 spiro atoms. The molecule has 2 rings (SSSR count). The number of hydrogen-bond donors (Lipinski definition) is 2. The van der Waals surface area contributed by atoms with Crippen LogP contribution in [0.1, 0.15) is 23.2 Å². The van der Waals surface area contributed by atoms with Gasteiger partial charge in [-0.3, -0.25) is 4.79 Å². The van der Waals surface area contributed by atoms with E-state index in [1.807, 2.05) is 4.90 Å². The standard InChI is InChI=1S/C12H15ClN2O2/c13-8-3-4-11(10(6-8)12(14)17)15-5-1-2-9(16)7-15/h3-4,6,9,16H,1-2,5,7H2,(H2,14,17). The topological polar surface area (TPSA) is 66.6 Å². The molecule has 0 radical (unpaired) electrons. The Hall–Kier alpha value is -1.26. The van der Waals surface area contributed by atoms with Crippen molar-refractivity contribution in [2.24, 2.45) is 5.73 Å². The summed E-state index contributed by atoms with van der Waals surface area (Å²) in [6, 6.07) is 5.07. The Balaban J connectivity index is 2.33. The van der Waals surface area contributed by atoms with Crippen LogP contribution in [-0.4, -0.2) is 30.2 Å². The van der Waals surface area contributed by atoms with Crippen molar-refractivity contribution in [2.75, 3.05) is 18.0 Å². The zero-order chi connectivity index (χ0) is 12.4. The summed E-state index contributed by atoms with van der Waals surface area (Å²) in [5.74, 6) is -0.498. The van der Waals surface area contributed by atoms with Crippen LogP contribution in [0.2, 0.25) is 5.02 Å². The molecular weight excluding hydrogens is 240 g/mol. The predicted octanol–water partition coefficient (Wildman–Crippen LogP) is 1.40. The third kappa shape index (κ3) is 2.70. The molecule has 1 atom stereocenters. The maximum absolute atomic E-state index is 11.4. The smallest absolute Gasteiger partial charge is 0.250 e. The summed E-state index contributed by atoms with van der Waals surface area (Å²) >= 11 is 5.85. The highest BCUT2D eigenvalue weighted by Gasteiger charge is 2.21. The first kappa shape index (κ1) is 12.2. The van der Waals surface area contributed by atoms with Crippen molar-refractivity contribution in [3.63, 3.8) is 0 Å². The van der Waals surface area contributed by atoms with E-state index in [4.69, 9.17) is 17.3 Å². The summed E-state index contributed by atoms with van der Waals surface area (Å²) in [6.07, 6.45) is 1.36. The van der Waals surface area contributed by atoms with E-state index in [-0.39, 0.29) is 6.10 Å². The Morgan fingerprint density at radius 3 is 2.94 bits per heavy atom. The van der Waals surface area contributed by atoms with Crippen molar-refractivity contribution in [1.82, 2.24) is 0 Å². The van der Waals surface area contributed by atoms with Crippen LogP contribution in [0.3, 0.4) is 0 Å². The number of halogens is 1. The Morgan fingerprint density at radius 1 is 1.53 bits per heavy atom. The van der Waals surface area contributed by atoms with E-state index in [0.717, 1.165) is 25.1 Å². The molecule has 1 aliphatic rings. The van der Waals surface area contributed by atoms with Crippen LogP contribution >= 0.6 is 11.6 Å². The van der Waals surface area contributed by atoms with E-state index in [9.17, 15) is 9.90 Å². The van der Waals surface area contributed by atoms with Gasteiger partial charge in [-0.1, -0.05) is 11.6 Å². The maximum atomic E-state index is 11.4. The summed E-state index contributed by atoms with van der Waals surface area (Å²) in [5, 5.41) is 10.1. The lowest BCUT2D eigenvalue weighted by molar-refractivity contribution is 0.0999. The Bertz CT molecular complexity index is 437. The van der Waals surface area contributed by atoms with Gasteiger partial charge in [0.05, 0.1) is 11.7 Å². The molecule has 1 aromatic carbocycles. The predicted molar refractivity (Wildman–Crippen MR) is 67.4 cm³/mol. The number of carbonyl (C=O) groups is 1. The molecule has 1 aromatic rings. The SMILES string of the molecule is NC(=O)c1cc(Cl)ccc1N1CCCC(O)C1. The zero-order valence-electron chi connectivity index (χ0n) is 9.40. The molecule has 4 nitrogen and oxygen atoms in total. The first-order valence-electron chi connectivity index (χ1n) is 5.60. The number of aliphatic hydroxyl groups excluding tert-OH is 1. The molecular formula is C12H15ClN2O2. The van der Waals surface area contributed by atoms with E-state index < -0.39 is 5.91 Å². The quantitative estimate of drug-likeness (QED) is 0.838. The molecule has 3 N–H and O–H groups in total. The van der Waals surface area contributed by atoms with Crippen LogP contribution in [0.25, 0.3) is 0 Å². The molecule has 0 aromatic heterocycles. The lowest BCUT2D eigenvalue weighted by Crippen LogP contribution is -2.39. The van der Waals surface area contributed by atoms with Gasteiger partial charge in [-0.05, 0) is 31.0 Å². The second-order valence-electron chi connectivity index (χ2n) is 4.27. The van der Waals surface area contributed by atoms with Crippen LogP contribution < -0.4 is 10.6 Å². The van der Waals surface area contributed by atoms with Crippen LogP contribution in [0.4, 0.5) is 5.69 Å². The monoisotopic (exact) mass is 254 g/mol. The van der Waals surface area contributed by atoms with Crippen LogP contribution in [0.5, 0.6) is 0 Å². The molecule has 0 aliphatic carbocycles. The number of amides is 1. The van der Waals surface area contributed by atoms with Crippen LogP contribution in [0.15, 0.2) is 18.2 Å². The molecule has 1 heterocycles. The fourth-order valence-corrected chi connectivity index (χ4v) is 2.33. The van der Waals surface area contributed by atoms with E-state index in [0.29, 0.717) is 17.1 Å². The number of β-amino-alcohol motifs (C(OH)–C–C–N with tert-alkyl or cyclic N) is 1. The van der Waals surface area contributed by atoms with Gasteiger partial charge in [0.2, 0.25) is 0 Å². The molecule has 1 unspecified atom stereocenters. The minimum Gasteiger partial charge on any atom is -0.391 e. The molecule has 1 fully saturated rings. The molecule has 0 saturated carbocycles. The van der Waals surface area contributed by atoms with Gasteiger partial charge in [0.1, 0.15) is 0 Å². The van der Waals surface area contributed by atoms with Crippen molar-refractivity contribution < 1.29 is 9.90 Å². The van der Waals surface area contributed by atoms with Crippen LogP contribution in [0, 0.1) is 0 Å². The Labute approximate surface area is 105 Å². The Kier molecular flexibility index (Phi) is 3.54. The molecule has 92 valence electrons. The van der Waals surface area contributed by atoms with Gasteiger partial charge in [0, 0.05) is 23.8 Å². The number of nitrogens with two attached hydrogens (primary N) is 1. The summed E-state index contributed by atoms with van der Waals surface area (Å²) in [6.45, 7) is 1.35. The lowest BCUT2D eigenvalue weighted by Gasteiger charge is -2.33. The van der Waals surface area contributed by atoms with Crippen molar-refractivity contribution >= 4 is 23.2 Å². The maximum Gasteiger partial charge on any atom is 0.250 e. The highest BCUT2D eigenvalue weighted by atomic mass is 35.5. The van der Waals surface area contributed by atoms with Gasteiger partial charge in [0.25, 0.3) is 5.91 Å². The number of rotatable bonds is 2. The van der Waals surface area contributed by atoms with Gasteiger partial charge in [-0.15, -0.1) is 0 Å². The van der Waals surface area contributed by atoms with E-state index in [1.165, 1.54) is 0 Å². The van der Waals surface area contributed by atoms with Crippen molar-refractivity contribution in [3.8, 4) is 0 Å². The number of primary amides is 1. The largest absolute Gasteiger partial charge is 0.391 e. The highest BCUT2D eigenvalue weighted by molar-refractivity contribution is 6.31. The van der Waals surface area contributed by atoms with Crippen molar-refractivity contribution in [3.05, 3.63) is 28.8 Å². The second kappa shape index (κ2) is 4.94. The number of nitrogens with zero attached hydrogens (tertiary/aromatic N) is 1. The molecule has 17 heavy (non-hydrogen) atoms. The minimum atomic E-state index is -0.498. The molecule has 5 heteroatoms. The first-order chi connectivity index (χ1) is 8.08. The fourth-order valence-electron chi connectivity index (χ4n) is 2.15. The second-order valence-corrected chi connectivity index (χ2v) is 4.70. The third-order valence-corrected chi connectivity index (χ3v) is 3.20. The number of aliphatic hydroxyl groups is 1. The number of piperidine rings is 1. The summed E-state index contributed by atoms with van der Waals surface area (Å²) in [7, 11) is 0. The summed E-state index contributed by atoms with van der Waals surface area (Å²) < 4.78 is 0. The lowest BCUT2D eigenvalue weighted by atomic mass is 10.1. The van der Waals surface area contributed by atoms with Crippen LogP contribution in [-0.2, 0) is 0 Å². The molecule has 0 bridgehead atoms. The summed E-state index contributed by atoms with van der Waals surface area (Å²) in [4.78, 5) is 13.3. The summed E-state index contributed by atoms with van der Waals surface area (Å²) in [5.41, 5.74) is 6.50. The average molecular weight is 255 g/mol. The van der Waals surface area contributed by atoms with Gasteiger partial charge in [-0.2, -0.15) is 0 Å². The van der Waals surface area contributed by atoms with E-state index in [2.05, 4.69) is 0 Å². The van der Waals surface area contributed by atoms with E-state index >= 15 is 0 Å². The fraction of sp³-hybridized carbons (Fsp3) is 0.417. The first-order valence-corrected chi connectivity index (χ1v) is 5.98. The normalized spacial score (nSPS) is 20.4. The minimum absolute atomic E-state index is 0.347. The van der Waals surface area contributed by atoms with Gasteiger partial charge >= 0.3 is 0 Å². The average Bonchev–Trinajstić information content (AvgIpc) is 2.28. The Morgan fingerprint density at radius 2 is 2.29 bits per heavy atom. The number of benzene rings is 1. The van der Waals surface area contributed by atoms with Crippen molar-refractivity contribution in [2.45, 2.75) is 18.9 Å². The number of anilines is 1. The third-order valence-electron chi connectivity index (χ3n) is 2.96. The van der Waals surface area contributed by atoms with Gasteiger partial charge in [0.15, 0.2) is 0 Å². The molecule has 1 aliphatic heterocycles. The highest BCUT2D eigenvalue weighted by Crippen LogP contribution is 2.26. The number of hydrogen-bond acceptors (Lipinski definition) is 3. The van der Waals surface area contributed by atoms with E-state index in [1.54, 1.807) is 18.2 Å². The molecule has 1 amide bonds. The van der Waals surface area contributed by atoms with Gasteiger partial charge in [-0.25, -0.2) is 0 Å².